The predicted molar refractivity (Wildman–Crippen MR) is 46.0 cm³/mol. The van der Waals surface area contributed by atoms with Crippen molar-refractivity contribution in [1.29, 1.82) is 0 Å². The topological polar surface area (TPSA) is 41.3 Å². The molecule has 66 valence electrons. The molecule has 12 heavy (non-hydrogen) atoms. The number of aryl methyl sites for hydroxylation is 1. The van der Waals surface area contributed by atoms with E-state index in [1.807, 2.05) is 24.7 Å². The zero-order valence-electron chi connectivity index (χ0n) is 7.36. The number of aliphatic hydroxyl groups is 1. The van der Waals surface area contributed by atoms with Gasteiger partial charge < -0.3 is 14.6 Å². The fraction of sp³-hybridized carbons (Fsp3) is 0.625. The summed E-state index contributed by atoms with van der Waals surface area (Å²) >= 11 is 0. The quantitative estimate of drug-likeness (QED) is 0.639. The lowest BCUT2D eigenvalue weighted by atomic mass is 9.98. The predicted octanol–water partition coefficient (Wildman–Crippen LogP) is -0.00890. The van der Waals surface area contributed by atoms with Crippen molar-refractivity contribution in [2.45, 2.75) is 12.5 Å². The van der Waals surface area contributed by atoms with E-state index in [0.29, 0.717) is 13.1 Å². The van der Waals surface area contributed by atoms with E-state index >= 15 is 0 Å². The average molecular weight is 167 g/mol. The number of β-amino-alcohol motifs (C(OH)–C–C–N with tert-alkyl or cyclic N) is 1. The number of hydrogen-bond acceptors (Lipinski definition) is 3. The molecule has 1 N–H and O–H groups in total. The summed E-state index contributed by atoms with van der Waals surface area (Å²) in [4.78, 5) is 6.24. The van der Waals surface area contributed by atoms with Crippen molar-refractivity contribution in [2.75, 3.05) is 18.0 Å². The van der Waals surface area contributed by atoms with Crippen molar-refractivity contribution in [2.24, 2.45) is 7.05 Å². The highest BCUT2D eigenvalue weighted by molar-refractivity contribution is 5.37. The lowest BCUT2D eigenvalue weighted by Crippen LogP contribution is -2.60. The van der Waals surface area contributed by atoms with Gasteiger partial charge in [0, 0.05) is 19.4 Å². The highest BCUT2D eigenvalue weighted by atomic mass is 16.3. The van der Waals surface area contributed by atoms with Crippen LogP contribution in [0.3, 0.4) is 0 Å². The highest BCUT2D eigenvalue weighted by Gasteiger charge is 2.38. The number of imidazole rings is 1. The van der Waals surface area contributed by atoms with Crippen molar-refractivity contribution in [3.63, 3.8) is 0 Å². The van der Waals surface area contributed by atoms with Gasteiger partial charge in [-0.15, -0.1) is 0 Å². The Kier molecular flexibility index (Phi) is 1.41. The van der Waals surface area contributed by atoms with Crippen molar-refractivity contribution in [3.05, 3.63) is 12.4 Å². The van der Waals surface area contributed by atoms with Crippen LogP contribution in [-0.2, 0) is 7.05 Å². The molecule has 0 bridgehead atoms. The number of rotatable bonds is 1. The van der Waals surface area contributed by atoms with Gasteiger partial charge in [-0.05, 0) is 6.92 Å². The minimum Gasteiger partial charge on any atom is -0.386 e. The summed E-state index contributed by atoms with van der Waals surface area (Å²) in [6.07, 6.45) is 3.67. The van der Waals surface area contributed by atoms with E-state index in [1.54, 1.807) is 6.20 Å². The minimum absolute atomic E-state index is 0.522. The summed E-state index contributed by atoms with van der Waals surface area (Å²) in [6, 6.07) is 0. The second kappa shape index (κ2) is 2.23. The summed E-state index contributed by atoms with van der Waals surface area (Å²) in [7, 11) is 1.95. The molecule has 0 unspecified atom stereocenters. The first-order chi connectivity index (χ1) is 5.58. The number of anilines is 1. The van der Waals surface area contributed by atoms with E-state index in [2.05, 4.69) is 9.88 Å². The van der Waals surface area contributed by atoms with E-state index in [1.165, 1.54) is 0 Å². The van der Waals surface area contributed by atoms with Crippen molar-refractivity contribution >= 4 is 5.95 Å². The third kappa shape index (κ3) is 1.08. The monoisotopic (exact) mass is 167 g/mol. The molecule has 4 nitrogen and oxygen atoms in total. The Morgan fingerprint density at radius 1 is 1.58 bits per heavy atom. The van der Waals surface area contributed by atoms with E-state index in [4.69, 9.17) is 0 Å². The second-order valence-corrected chi connectivity index (χ2v) is 3.69. The average Bonchev–Trinajstić information content (AvgIpc) is 2.30. The first-order valence-electron chi connectivity index (χ1n) is 4.03. The van der Waals surface area contributed by atoms with Gasteiger partial charge in [0.15, 0.2) is 0 Å². The zero-order chi connectivity index (χ0) is 8.77. The Morgan fingerprint density at radius 2 is 2.25 bits per heavy atom. The first kappa shape index (κ1) is 7.61. The molecule has 0 radical (unpaired) electrons. The van der Waals surface area contributed by atoms with Gasteiger partial charge in [0.25, 0.3) is 0 Å². The molecule has 0 saturated carbocycles. The Bertz CT molecular complexity index is 284. The van der Waals surface area contributed by atoms with Crippen molar-refractivity contribution < 1.29 is 5.11 Å². The Balaban J connectivity index is 2.11. The maximum atomic E-state index is 9.49. The normalized spacial score (nSPS) is 20.8. The summed E-state index contributed by atoms with van der Waals surface area (Å²) in [6.45, 7) is 3.20. The molecule has 1 aromatic heterocycles. The van der Waals surface area contributed by atoms with Gasteiger partial charge in [0.05, 0.1) is 18.7 Å². The van der Waals surface area contributed by atoms with Gasteiger partial charge in [-0.3, -0.25) is 0 Å². The Labute approximate surface area is 71.4 Å². The minimum atomic E-state index is -0.522. The molecule has 1 aliphatic rings. The summed E-state index contributed by atoms with van der Waals surface area (Å²) in [5.74, 6) is 0.932. The fourth-order valence-corrected chi connectivity index (χ4v) is 1.58. The molecule has 1 aliphatic heterocycles. The van der Waals surface area contributed by atoms with Crippen LogP contribution in [0.5, 0.6) is 0 Å². The van der Waals surface area contributed by atoms with Gasteiger partial charge in [-0.1, -0.05) is 0 Å². The largest absolute Gasteiger partial charge is 0.386 e. The molecule has 0 spiro atoms. The summed E-state index contributed by atoms with van der Waals surface area (Å²) in [5, 5.41) is 9.49. The van der Waals surface area contributed by atoms with Gasteiger partial charge in [-0.25, -0.2) is 4.98 Å². The number of hydrogen-bond donors (Lipinski definition) is 1. The molecular weight excluding hydrogens is 154 g/mol. The van der Waals surface area contributed by atoms with Crippen LogP contribution in [0, 0.1) is 0 Å². The van der Waals surface area contributed by atoms with Crippen molar-refractivity contribution in [3.8, 4) is 0 Å². The molecule has 1 saturated heterocycles. The van der Waals surface area contributed by atoms with Crippen LogP contribution in [0.4, 0.5) is 5.95 Å². The molecule has 1 aromatic rings. The number of aromatic nitrogens is 2. The third-order valence-electron chi connectivity index (χ3n) is 2.14. The van der Waals surface area contributed by atoms with Crippen LogP contribution >= 0.6 is 0 Å². The van der Waals surface area contributed by atoms with Crippen molar-refractivity contribution in [1.82, 2.24) is 9.55 Å². The van der Waals surface area contributed by atoms with E-state index in [0.717, 1.165) is 5.95 Å². The first-order valence-corrected chi connectivity index (χ1v) is 4.03. The molecule has 0 aromatic carbocycles. The molecule has 2 heterocycles. The van der Waals surface area contributed by atoms with E-state index in [-0.39, 0.29) is 0 Å². The van der Waals surface area contributed by atoms with Gasteiger partial charge in [-0.2, -0.15) is 0 Å². The maximum Gasteiger partial charge on any atom is 0.205 e. The van der Waals surface area contributed by atoms with Gasteiger partial charge in [0.1, 0.15) is 0 Å². The van der Waals surface area contributed by atoms with Gasteiger partial charge in [0.2, 0.25) is 5.95 Å². The summed E-state index contributed by atoms with van der Waals surface area (Å²) in [5.41, 5.74) is -0.522. The Hall–Kier alpha value is -1.03. The molecule has 0 aliphatic carbocycles. The molecule has 1 fully saturated rings. The van der Waals surface area contributed by atoms with Crippen LogP contribution in [0.2, 0.25) is 0 Å². The number of nitrogens with zero attached hydrogens (tertiary/aromatic N) is 3. The van der Waals surface area contributed by atoms with Crippen LogP contribution in [-0.4, -0.2) is 33.3 Å². The zero-order valence-corrected chi connectivity index (χ0v) is 7.36. The van der Waals surface area contributed by atoms with E-state index in [9.17, 15) is 5.11 Å². The molecule has 2 rings (SSSR count). The third-order valence-corrected chi connectivity index (χ3v) is 2.14. The van der Waals surface area contributed by atoms with Crippen LogP contribution < -0.4 is 4.90 Å². The standard InChI is InChI=1S/C8H13N3O/c1-8(12)5-11(6-8)7-9-3-4-10(7)2/h3-4,12H,5-6H2,1-2H3. The highest BCUT2D eigenvalue weighted by Crippen LogP contribution is 2.24. The second-order valence-electron chi connectivity index (χ2n) is 3.69. The van der Waals surface area contributed by atoms with Crippen LogP contribution in [0.1, 0.15) is 6.92 Å². The smallest absolute Gasteiger partial charge is 0.205 e. The van der Waals surface area contributed by atoms with Gasteiger partial charge >= 0.3 is 0 Å². The Morgan fingerprint density at radius 3 is 2.67 bits per heavy atom. The molecule has 4 heteroatoms. The SMILES string of the molecule is Cn1ccnc1N1CC(C)(O)C1. The lowest BCUT2D eigenvalue weighted by molar-refractivity contribution is 0.0297. The fourth-order valence-electron chi connectivity index (χ4n) is 1.58. The molecule has 0 atom stereocenters. The van der Waals surface area contributed by atoms with Crippen LogP contribution in [0.15, 0.2) is 12.4 Å². The van der Waals surface area contributed by atoms with Crippen LogP contribution in [0.25, 0.3) is 0 Å². The lowest BCUT2D eigenvalue weighted by Gasteiger charge is -2.44. The molecular formula is C8H13N3O. The summed E-state index contributed by atoms with van der Waals surface area (Å²) < 4.78 is 1.95. The molecule has 0 amide bonds. The van der Waals surface area contributed by atoms with E-state index < -0.39 is 5.60 Å². The maximum absolute atomic E-state index is 9.49.